The van der Waals surface area contributed by atoms with Crippen LogP contribution >= 0.6 is 0 Å². The first-order chi connectivity index (χ1) is 10.1. The lowest BCUT2D eigenvalue weighted by molar-refractivity contribution is 0.577. The maximum Gasteiger partial charge on any atom is 0.0375 e. The summed E-state index contributed by atoms with van der Waals surface area (Å²) < 4.78 is 0. The Balaban J connectivity index is 1.78. The van der Waals surface area contributed by atoms with Crippen LogP contribution in [0.2, 0.25) is 0 Å². The monoisotopic (exact) mass is 279 g/mol. The highest BCUT2D eigenvalue weighted by Gasteiger charge is 2.19. The van der Waals surface area contributed by atoms with Crippen LogP contribution in [0.5, 0.6) is 0 Å². The van der Waals surface area contributed by atoms with Crippen LogP contribution in [0.4, 0.5) is 5.69 Å². The van der Waals surface area contributed by atoms with Gasteiger partial charge >= 0.3 is 0 Å². The number of hydrogen-bond acceptors (Lipinski definition) is 1. The van der Waals surface area contributed by atoms with Gasteiger partial charge in [0.2, 0.25) is 0 Å². The van der Waals surface area contributed by atoms with Crippen molar-refractivity contribution in [1.29, 1.82) is 0 Å². The van der Waals surface area contributed by atoms with E-state index in [1.807, 2.05) is 0 Å². The molecule has 0 saturated heterocycles. The average molecular weight is 279 g/mol. The van der Waals surface area contributed by atoms with Crippen molar-refractivity contribution in [3.8, 4) is 0 Å². The minimum absolute atomic E-state index is 0.697. The minimum atomic E-state index is 0.697. The lowest BCUT2D eigenvalue weighted by Crippen LogP contribution is -2.17. The van der Waals surface area contributed by atoms with Crippen LogP contribution < -0.4 is 5.32 Å². The first-order valence-corrected chi connectivity index (χ1v) is 8.04. The minimum Gasteiger partial charge on any atom is -0.385 e. The first kappa shape index (κ1) is 14.2. The van der Waals surface area contributed by atoms with E-state index in [1.54, 1.807) is 5.56 Å². The molecule has 2 aromatic rings. The number of para-hydroxylation sites is 1. The molecule has 0 bridgehead atoms. The van der Waals surface area contributed by atoms with Crippen LogP contribution in [0.3, 0.4) is 0 Å². The SMILES string of the molecule is Cc1cc(C)c(CCC2CCNc3ccccc32)c(C)c1. The van der Waals surface area contributed by atoms with E-state index < -0.39 is 0 Å². The van der Waals surface area contributed by atoms with Gasteiger partial charge in [0.25, 0.3) is 0 Å². The molecule has 1 heteroatoms. The van der Waals surface area contributed by atoms with Gasteiger partial charge in [-0.25, -0.2) is 0 Å². The van der Waals surface area contributed by atoms with Crippen molar-refractivity contribution < 1.29 is 0 Å². The molecule has 0 radical (unpaired) electrons. The highest BCUT2D eigenvalue weighted by molar-refractivity contribution is 5.54. The highest BCUT2D eigenvalue weighted by atomic mass is 14.9. The largest absolute Gasteiger partial charge is 0.385 e. The Morgan fingerprint density at radius 3 is 2.52 bits per heavy atom. The molecule has 21 heavy (non-hydrogen) atoms. The highest BCUT2D eigenvalue weighted by Crippen LogP contribution is 2.35. The standard InChI is InChI=1S/C20H25N/c1-14-12-15(2)18(16(3)13-14)9-8-17-10-11-21-20-7-5-4-6-19(17)20/h4-7,12-13,17,21H,8-11H2,1-3H3. The Hall–Kier alpha value is -1.76. The summed E-state index contributed by atoms with van der Waals surface area (Å²) in [6.45, 7) is 7.80. The van der Waals surface area contributed by atoms with Crippen molar-refractivity contribution >= 4 is 5.69 Å². The van der Waals surface area contributed by atoms with E-state index in [0.717, 1.165) is 6.54 Å². The molecule has 1 atom stereocenters. The van der Waals surface area contributed by atoms with Gasteiger partial charge in [-0.1, -0.05) is 35.9 Å². The zero-order valence-electron chi connectivity index (χ0n) is 13.4. The summed E-state index contributed by atoms with van der Waals surface area (Å²) in [5.41, 5.74) is 8.68. The Bertz CT molecular complexity index is 619. The summed E-state index contributed by atoms with van der Waals surface area (Å²) in [7, 11) is 0. The summed E-state index contributed by atoms with van der Waals surface area (Å²) in [5.74, 6) is 0.697. The number of rotatable bonds is 3. The fraction of sp³-hybridized carbons (Fsp3) is 0.400. The second kappa shape index (κ2) is 5.93. The lowest BCUT2D eigenvalue weighted by atomic mass is 9.85. The molecule has 1 unspecified atom stereocenters. The van der Waals surface area contributed by atoms with Crippen LogP contribution in [-0.4, -0.2) is 6.54 Å². The van der Waals surface area contributed by atoms with E-state index >= 15 is 0 Å². The molecule has 0 aliphatic carbocycles. The maximum absolute atomic E-state index is 3.52. The van der Waals surface area contributed by atoms with Crippen LogP contribution in [0.15, 0.2) is 36.4 Å². The molecule has 2 aromatic carbocycles. The molecule has 3 rings (SSSR count). The summed E-state index contributed by atoms with van der Waals surface area (Å²) in [5, 5.41) is 3.52. The van der Waals surface area contributed by atoms with E-state index in [9.17, 15) is 0 Å². The number of fused-ring (bicyclic) bond motifs is 1. The molecule has 110 valence electrons. The Morgan fingerprint density at radius 1 is 1.05 bits per heavy atom. The molecule has 0 saturated carbocycles. The van der Waals surface area contributed by atoms with Gasteiger partial charge in [-0.15, -0.1) is 0 Å². The molecule has 1 nitrogen and oxygen atoms in total. The average Bonchev–Trinajstić information content (AvgIpc) is 2.46. The molecule has 1 N–H and O–H groups in total. The van der Waals surface area contributed by atoms with Gasteiger partial charge < -0.3 is 5.32 Å². The van der Waals surface area contributed by atoms with Crippen molar-refractivity contribution in [2.24, 2.45) is 0 Å². The van der Waals surface area contributed by atoms with Crippen molar-refractivity contribution in [3.63, 3.8) is 0 Å². The molecule has 1 aliphatic rings. The summed E-state index contributed by atoms with van der Waals surface area (Å²) >= 11 is 0. The normalized spacial score (nSPS) is 17.2. The van der Waals surface area contributed by atoms with Crippen LogP contribution in [0.1, 0.15) is 46.6 Å². The topological polar surface area (TPSA) is 12.0 Å². The number of hydrogen-bond donors (Lipinski definition) is 1. The second-order valence-corrected chi connectivity index (χ2v) is 6.42. The second-order valence-electron chi connectivity index (χ2n) is 6.42. The predicted octanol–water partition coefficient (Wildman–Crippen LogP) is 5.14. The van der Waals surface area contributed by atoms with Gasteiger partial charge in [0, 0.05) is 12.2 Å². The number of benzene rings is 2. The number of nitrogens with one attached hydrogen (secondary N) is 1. The third-order valence-electron chi connectivity index (χ3n) is 4.79. The van der Waals surface area contributed by atoms with Crippen LogP contribution in [-0.2, 0) is 6.42 Å². The van der Waals surface area contributed by atoms with Gasteiger partial charge in [-0.3, -0.25) is 0 Å². The van der Waals surface area contributed by atoms with E-state index in [-0.39, 0.29) is 0 Å². The molecule has 0 amide bonds. The maximum atomic E-state index is 3.52. The zero-order chi connectivity index (χ0) is 14.8. The van der Waals surface area contributed by atoms with Gasteiger partial charge in [-0.05, 0) is 74.3 Å². The molecular formula is C20H25N. The molecular weight excluding hydrogens is 254 g/mol. The fourth-order valence-corrected chi connectivity index (χ4v) is 3.77. The van der Waals surface area contributed by atoms with Crippen molar-refractivity contribution in [2.75, 3.05) is 11.9 Å². The van der Waals surface area contributed by atoms with Crippen molar-refractivity contribution in [2.45, 2.75) is 46.0 Å². The number of anilines is 1. The molecule has 1 heterocycles. The molecule has 0 aromatic heterocycles. The predicted molar refractivity (Wildman–Crippen MR) is 91.3 cm³/mol. The van der Waals surface area contributed by atoms with Gasteiger partial charge in [-0.2, -0.15) is 0 Å². The van der Waals surface area contributed by atoms with Crippen molar-refractivity contribution in [3.05, 3.63) is 64.2 Å². The number of aryl methyl sites for hydroxylation is 3. The first-order valence-electron chi connectivity index (χ1n) is 8.04. The Kier molecular flexibility index (Phi) is 4.01. The van der Waals surface area contributed by atoms with Crippen LogP contribution in [0, 0.1) is 20.8 Å². The summed E-state index contributed by atoms with van der Waals surface area (Å²) in [4.78, 5) is 0. The van der Waals surface area contributed by atoms with E-state index in [4.69, 9.17) is 0 Å². The quantitative estimate of drug-likeness (QED) is 0.820. The van der Waals surface area contributed by atoms with E-state index in [2.05, 4.69) is 62.5 Å². The van der Waals surface area contributed by atoms with Gasteiger partial charge in [0.1, 0.15) is 0 Å². The summed E-state index contributed by atoms with van der Waals surface area (Å²) in [6, 6.07) is 13.4. The molecule has 0 fully saturated rings. The lowest BCUT2D eigenvalue weighted by Gasteiger charge is -2.27. The smallest absolute Gasteiger partial charge is 0.0375 e. The Morgan fingerprint density at radius 2 is 1.76 bits per heavy atom. The van der Waals surface area contributed by atoms with E-state index in [0.29, 0.717) is 5.92 Å². The van der Waals surface area contributed by atoms with E-state index in [1.165, 1.54) is 47.2 Å². The van der Waals surface area contributed by atoms with Crippen molar-refractivity contribution in [1.82, 2.24) is 0 Å². The van der Waals surface area contributed by atoms with Gasteiger partial charge in [0.15, 0.2) is 0 Å². The third kappa shape index (κ3) is 2.97. The zero-order valence-corrected chi connectivity index (χ0v) is 13.4. The molecule has 0 spiro atoms. The Labute approximate surface area is 128 Å². The fourth-order valence-electron chi connectivity index (χ4n) is 3.77. The molecule has 1 aliphatic heterocycles. The summed E-state index contributed by atoms with van der Waals surface area (Å²) in [6.07, 6.45) is 3.70. The third-order valence-corrected chi connectivity index (χ3v) is 4.79. The van der Waals surface area contributed by atoms with Crippen LogP contribution in [0.25, 0.3) is 0 Å². The van der Waals surface area contributed by atoms with Gasteiger partial charge in [0.05, 0.1) is 0 Å².